The van der Waals surface area contributed by atoms with Crippen LogP contribution in [0.2, 0.25) is 0 Å². The van der Waals surface area contributed by atoms with E-state index in [4.69, 9.17) is 0 Å². The number of rotatable bonds is 4. The van der Waals surface area contributed by atoms with Gasteiger partial charge < -0.3 is 0 Å². The lowest BCUT2D eigenvalue weighted by molar-refractivity contribution is 1.15. The molecule has 19 heavy (non-hydrogen) atoms. The maximum atomic E-state index is 2.27. The highest BCUT2D eigenvalue weighted by Crippen LogP contribution is 2.27. The molecule has 2 rings (SSSR count). The minimum Gasteiger partial charge on any atom is -0.0838 e. The smallest absolute Gasteiger partial charge is 0.0149 e. The molecule has 0 amide bonds. The van der Waals surface area contributed by atoms with Gasteiger partial charge in [0.25, 0.3) is 0 Å². The van der Waals surface area contributed by atoms with Gasteiger partial charge in [-0.1, -0.05) is 73.7 Å². The number of allylic oxidation sites excluding steroid dienone is 3. The molecular formula is C19H20. The molecule has 0 aliphatic rings. The lowest BCUT2D eigenvalue weighted by atomic mass is 9.94. The van der Waals surface area contributed by atoms with Gasteiger partial charge in [0.1, 0.15) is 0 Å². The fourth-order valence-corrected chi connectivity index (χ4v) is 2.25. The molecule has 0 fully saturated rings. The maximum Gasteiger partial charge on any atom is -0.0149 e. The van der Waals surface area contributed by atoms with Gasteiger partial charge in [0, 0.05) is 0 Å². The summed E-state index contributed by atoms with van der Waals surface area (Å²) in [5.41, 5.74) is 5.22. The third kappa shape index (κ3) is 3.45. The van der Waals surface area contributed by atoms with E-state index >= 15 is 0 Å². The molecule has 0 aliphatic carbocycles. The van der Waals surface area contributed by atoms with Crippen molar-refractivity contribution in [1.29, 1.82) is 0 Å². The Labute approximate surface area is 116 Å². The van der Waals surface area contributed by atoms with Crippen LogP contribution < -0.4 is 0 Å². The van der Waals surface area contributed by atoms with Gasteiger partial charge in [0.15, 0.2) is 0 Å². The Morgan fingerprint density at radius 3 is 2.00 bits per heavy atom. The molecule has 0 spiro atoms. The van der Waals surface area contributed by atoms with Crippen molar-refractivity contribution in [3.8, 4) is 0 Å². The summed E-state index contributed by atoms with van der Waals surface area (Å²) >= 11 is 0. The molecule has 0 nitrogen and oxygen atoms in total. The van der Waals surface area contributed by atoms with Crippen LogP contribution in [0.15, 0.2) is 72.3 Å². The second-order valence-electron chi connectivity index (χ2n) is 4.50. The Hall–Kier alpha value is -2.08. The zero-order valence-corrected chi connectivity index (χ0v) is 11.6. The van der Waals surface area contributed by atoms with Gasteiger partial charge in [-0.05, 0) is 41.7 Å². The molecule has 2 aromatic carbocycles. The van der Waals surface area contributed by atoms with E-state index in [1.165, 1.54) is 22.3 Å². The van der Waals surface area contributed by atoms with Gasteiger partial charge in [-0.2, -0.15) is 0 Å². The minimum atomic E-state index is 1.05. The molecule has 0 atom stereocenters. The molecule has 0 saturated carbocycles. The summed E-state index contributed by atoms with van der Waals surface area (Å²) in [5, 5.41) is 0. The fraction of sp³-hybridized carbons (Fsp3) is 0.158. The van der Waals surface area contributed by atoms with E-state index in [1.807, 2.05) is 0 Å². The SMILES string of the molecule is C/C=C(CC)\C(=C\c1ccccc1)c1ccccc1. The molecule has 0 saturated heterocycles. The van der Waals surface area contributed by atoms with Gasteiger partial charge in [0.2, 0.25) is 0 Å². The molecule has 0 heteroatoms. The molecular weight excluding hydrogens is 228 g/mol. The van der Waals surface area contributed by atoms with Gasteiger partial charge in [-0.25, -0.2) is 0 Å². The molecule has 0 unspecified atom stereocenters. The first-order valence-corrected chi connectivity index (χ1v) is 6.83. The van der Waals surface area contributed by atoms with Gasteiger partial charge >= 0.3 is 0 Å². The first kappa shape index (κ1) is 13.4. The Balaban J connectivity index is 2.50. The highest BCUT2D eigenvalue weighted by atomic mass is 14.1. The lowest BCUT2D eigenvalue weighted by Crippen LogP contribution is -1.89. The van der Waals surface area contributed by atoms with Crippen molar-refractivity contribution in [1.82, 2.24) is 0 Å². The summed E-state index contributed by atoms with van der Waals surface area (Å²) < 4.78 is 0. The molecule has 2 aromatic rings. The first-order chi connectivity index (χ1) is 9.35. The highest BCUT2D eigenvalue weighted by molar-refractivity contribution is 5.90. The second-order valence-corrected chi connectivity index (χ2v) is 4.50. The van der Waals surface area contributed by atoms with Crippen molar-refractivity contribution in [2.45, 2.75) is 20.3 Å². The summed E-state index contributed by atoms with van der Waals surface area (Å²) in [4.78, 5) is 0. The third-order valence-electron chi connectivity index (χ3n) is 3.27. The van der Waals surface area contributed by atoms with E-state index in [1.54, 1.807) is 0 Å². The molecule has 0 aliphatic heterocycles. The predicted molar refractivity (Wildman–Crippen MR) is 84.8 cm³/mol. The predicted octanol–water partition coefficient (Wildman–Crippen LogP) is 5.58. The van der Waals surface area contributed by atoms with E-state index < -0.39 is 0 Å². The normalized spacial score (nSPS) is 12.5. The highest BCUT2D eigenvalue weighted by Gasteiger charge is 2.05. The van der Waals surface area contributed by atoms with Crippen LogP contribution in [0, 0.1) is 0 Å². The average Bonchev–Trinajstić information content (AvgIpc) is 2.49. The summed E-state index contributed by atoms with van der Waals surface area (Å²) in [6, 6.07) is 21.1. The summed E-state index contributed by atoms with van der Waals surface area (Å²) in [5.74, 6) is 0. The van der Waals surface area contributed by atoms with Crippen LogP contribution in [0.3, 0.4) is 0 Å². The zero-order chi connectivity index (χ0) is 13.5. The Morgan fingerprint density at radius 2 is 1.47 bits per heavy atom. The van der Waals surface area contributed by atoms with Crippen molar-refractivity contribution >= 4 is 11.6 Å². The van der Waals surface area contributed by atoms with E-state index in [0.717, 1.165) is 6.42 Å². The van der Waals surface area contributed by atoms with Crippen LogP contribution >= 0.6 is 0 Å². The Morgan fingerprint density at radius 1 is 0.895 bits per heavy atom. The molecule has 0 aromatic heterocycles. The van der Waals surface area contributed by atoms with Crippen LogP contribution in [0.1, 0.15) is 31.4 Å². The van der Waals surface area contributed by atoms with Crippen molar-refractivity contribution in [3.05, 3.63) is 83.4 Å². The van der Waals surface area contributed by atoms with E-state index in [-0.39, 0.29) is 0 Å². The van der Waals surface area contributed by atoms with Crippen LogP contribution in [0.4, 0.5) is 0 Å². The van der Waals surface area contributed by atoms with Crippen molar-refractivity contribution in [3.63, 3.8) is 0 Å². The number of hydrogen-bond donors (Lipinski definition) is 0. The zero-order valence-electron chi connectivity index (χ0n) is 11.6. The monoisotopic (exact) mass is 248 g/mol. The van der Waals surface area contributed by atoms with Crippen LogP contribution in [0.25, 0.3) is 11.6 Å². The van der Waals surface area contributed by atoms with Gasteiger partial charge in [0.05, 0.1) is 0 Å². The molecule has 0 N–H and O–H groups in total. The largest absolute Gasteiger partial charge is 0.0838 e. The van der Waals surface area contributed by atoms with Crippen LogP contribution in [-0.2, 0) is 0 Å². The van der Waals surface area contributed by atoms with E-state index in [9.17, 15) is 0 Å². The van der Waals surface area contributed by atoms with Crippen LogP contribution in [-0.4, -0.2) is 0 Å². The minimum absolute atomic E-state index is 1.05. The summed E-state index contributed by atoms with van der Waals surface area (Å²) in [6.45, 7) is 4.32. The Kier molecular flexibility index (Phi) is 4.74. The summed E-state index contributed by atoms with van der Waals surface area (Å²) in [7, 11) is 0. The second kappa shape index (κ2) is 6.75. The molecule has 0 radical (unpaired) electrons. The van der Waals surface area contributed by atoms with Crippen molar-refractivity contribution < 1.29 is 0 Å². The lowest BCUT2D eigenvalue weighted by Gasteiger charge is -2.11. The topological polar surface area (TPSA) is 0 Å². The third-order valence-corrected chi connectivity index (χ3v) is 3.27. The van der Waals surface area contributed by atoms with Gasteiger partial charge in [-0.15, -0.1) is 0 Å². The van der Waals surface area contributed by atoms with Gasteiger partial charge in [-0.3, -0.25) is 0 Å². The molecule has 0 bridgehead atoms. The molecule has 96 valence electrons. The average molecular weight is 248 g/mol. The van der Waals surface area contributed by atoms with E-state index in [2.05, 4.69) is 86.7 Å². The quantitative estimate of drug-likeness (QED) is 0.489. The molecule has 0 heterocycles. The van der Waals surface area contributed by atoms with E-state index in [0.29, 0.717) is 0 Å². The first-order valence-electron chi connectivity index (χ1n) is 6.83. The maximum absolute atomic E-state index is 2.27. The van der Waals surface area contributed by atoms with Crippen molar-refractivity contribution in [2.24, 2.45) is 0 Å². The summed E-state index contributed by atoms with van der Waals surface area (Å²) in [6.07, 6.45) is 5.53. The fourth-order valence-electron chi connectivity index (χ4n) is 2.25. The van der Waals surface area contributed by atoms with Crippen molar-refractivity contribution in [2.75, 3.05) is 0 Å². The van der Waals surface area contributed by atoms with Crippen LogP contribution in [0.5, 0.6) is 0 Å². The number of hydrogen-bond acceptors (Lipinski definition) is 0. The Bertz CT molecular complexity index is 560. The standard InChI is InChI=1S/C19H20/c1-3-17(4-2)19(18-13-9-6-10-14-18)15-16-11-7-5-8-12-16/h3,5-15H,4H2,1-2H3/b17-3-,19-15-. The number of benzene rings is 2.